The maximum Gasteiger partial charge on any atom is 2.00 e. The molecular weight excluding hydrogens is 832 g/mol. The van der Waals surface area contributed by atoms with Crippen LogP contribution in [-0.2, 0) is 43.1 Å². The third kappa shape index (κ3) is 5.15. The van der Waals surface area contributed by atoms with E-state index in [-0.39, 0.29) is 44.0 Å². The van der Waals surface area contributed by atoms with Gasteiger partial charge in [-0.15, -0.1) is 40.8 Å². The number of rotatable bonds is 3. The quantitative estimate of drug-likeness (QED) is 0.166. The molecule has 3 aliphatic rings. The summed E-state index contributed by atoms with van der Waals surface area (Å²) in [5, 5.41) is 2.35. The predicted octanol–water partition coefficient (Wildman–Crippen LogP) is 10.9. The number of hydrogen-bond donors (Lipinski definition) is 0. The first kappa shape index (κ1) is 33.8. The van der Waals surface area contributed by atoms with Crippen molar-refractivity contribution in [3.63, 3.8) is 0 Å². The zero-order chi connectivity index (χ0) is 35.5. The van der Waals surface area contributed by atoms with Gasteiger partial charge in [-0.25, -0.2) is 4.98 Å². The minimum Gasteiger partial charge on any atom is -0.510 e. The molecule has 2 aromatic heterocycles. The number of anilines is 3. The summed E-state index contributed by atoms with van der Waals surface area (Å²) in [6.07, 6.45) is 2.79. The van der Waals surface area contributed by atoms with Gasteiger partial charge < -0.3 is 14.2 Å². The maximum atomic E-state index is 6.64. The molecule has 0 spiro atoms. The fourth-order valence-electron chi connectivity index (χ4n) is 8.69. The molecule has 264 valence electrons. The summed E-state index contributed by atoms with van der Waals surface area (Å²) in [6, 6.07) is 45.0. The Labute approximate surface area is 325 Å². The third-order valence-corrected chi connectivity index (χ3v) is 11.4. The van der Waals surface area contributed by atoms with E-state index >= 15 is 0 Å². The molecule has 0 saturated carbocycles. The summed E-state index contributed by atoms with van der Waals surface area (Å²) in [5.41, 5.74) is 13.2. The third-order valence-electron chi connectivity index (χ3n) is 11.4. The summed E-state index contributed by atoms with van der Waals surface area (Å²) in [6.45, 7) is 13.6. The normalized spacial score (nSPS) is 18.2. The summed E-state index contributed by atoms with van der Waals surface area (Å²) in [4.78, 5) is 12.4. The number of para-hydroxylation sites is 2. The zero-order valence-electron chi connectivity index (χ0n) is 30.8. The van der Waals surface area contributed by atoms with Gasteiger partial charge >= 0.3 is 21.1 Å². The molecule has 0 bridgehead atoms. The van der Waals surface area contributed by atoms with Crippen LogP contribution in [0.4, 0.5) is 17.1 Å². The topological polar surface area (TPSA) is 42.6 Å². The van der Waals surface area contributed by atoms with Crippen molar-refractivity contribution >= 4 is 44.8 Å². The van der Waals surface area contributed by atoms with Crippen molar-refractivity contribution in [1.29, 1.82) is 0 Å². The van der Waals surface area contributed by atoms with Crippen molar-refractivity contribution in [3.05, 3.63) is 160 Å². The van der Waals surface area contributed by atoms with Gasteiger partial charge in [-0.3, -0.25) is 4.99 Å². The van der Waals surface area contributed by atoms with E-state index in [4.69, 9.17) is 14.7 Å². The standard InChI is InChI=1S/C47H40N4O.Pt/c1-28-21-30(45-49-38-24-29-13-7-8-14-33(29)44(38)52-45)23-32(22-28)50-40-18-12-10-16-36(40)47(5,6)37-26-35-34-15-9-11-17-39(34)51(41(35)27-42(37)50)43-25-31(19-20-48-43)46(2,3)4;/h7-22,25-26,38,44H,24H2,1-6H3;/q-2;+2/t38-,44+;/m1./s1. The van der Waals surface area contributed by atoms with Crippen molar-refractivity contribution in [2.45, 2.75) is 70.9 Å². The first-order valence-electron chi connectivity index (χ1n) is 18.3. The fraction of sp³-hybridized carbons (Fsp3) is 0.234. The van der Waals surface area contributed by atoms with Gasteiger partial charge in [0.1, 0.15) is 17.8 Å². The monoisotopic (exact) mass is 871 g/mol. The molecule has 0 fully saturated rings. The first-order valence-corrected chi connectivity index (χ1v) is 18.3. The number of pyridine rings is 1. The van der Waals surface area contributed by atoms with E-state index in [2.05, 4.69) is 166 Å². The van der Waals surface area contributed by atoms with E-state index in [0.717, 1.165) is 51.5 Å². The Morgan fingerprint density at radius 1 is 0.830 bits per heavy atom. The number of aryl methyl sites for hydroxylation is 1. The Bertz CT molecular complexity index is 2640. The van der Waals surface area contributed by atoms with Crippen LogP contribution < -0.4 is 4.90 Å². The van der Waals surface area contributed by atoms with Crippen LogP contribution in [0.1, 0.15) is 79.7 Å². The Kier molecular flexibility index (Phi) is 7.67. The van der Waals surface area contributed by atoms with Gasteiger partial charge in [0.25, 0.3) is 0 Å². The number of hydrogen-bond acceptors (Lipinski definition) is 4. The van der Waals surface area contributed by atoms with Gasteiger partial charge in [0.15, 0.2) is 0 Å². The first-order chi connectivity index (χ1) is 25.1. The molecule has 5 aromatic carbocycles. The Balaban J connectivity index is 0.00000372. The largest absolute Gasteiger partial charge is 2.00 e. The van der Waals surface area contributed by atoms with E-state index in [1.807, 2.05) is 6.20 Å². The number of fused-ring (bicyclic) bond motifs is 8. The summed E-state index contributed by atoms with van der Waals surface area (Å²) in [5.74, 6) is 1.56. The minimum absolute atomic E-state index is 0. The van der Waals surface area contributed by atoms with E-state index in [0.29, 0.717) is 5.90 Å². The Morgan fingerprint density at radius 2 is 1.60 bits per heavy atom. The molecule has 4 heterocycles. The van der Waals surface area contributed by atoms with Crippen LogP contribution in [0, 0.1) is 19.1 Å². The summed E-state index contributed by atoms with van der Waals surface area (Å²) in [7, 11) is 0. The second kappa shape index (κ2) is 12.0. The van der Waals surface area contributed by atoms with Crippen LogP contribution in [0.5, 0.6) is 0 Å². The maximum absolute atomic E-state index is 6.64. The Hall–Kier alpha value is -4.99. The molecule has 53 heavy (non-hydrogen) atoms. The molecule has 0 unspecified atom stereocenters. The van der Waals surface area contributed by atoms with Crippen LogP contribution in [0.25, 0.3) is 27.6 Å². The van der Waals surface area contributed by atoms with Gasteiger partial charge in [-0.2, -0.15) is 6.07 Å². The van der Waals surface area contributed by atoms with Crippen LogP contribution >= 0.6 is 0 Å². The van der Waals surface area contributed by atoms with E-state index in [1.54, 1.807) is 0 Å². The van der Waals surface area contributed by atoms with Gasteiger partial charge in [0, 0.05) is 17.4 Å². The molecule has 0 saturated heterocycles. The van der Waals surface area contributed by atoms with Crippen molar-refractivity contribution in [3.8, 4) is 5.82 Å². The average Bonchev–Trinajstić information content (AvgIpc) is 3.80. The van der Waals surface area contributed by atoms with Crippen molar-refractivity contribution in [1.82, 2.24) is 9.55 Å². The number of aromatic nitrogens is 2. The minimum atomic E-state index is -0.281. The fourth-order valence-corrected chi connectivity index (χ4v) is 8.69. The van der Waals surface area contributed by atoms with Gasteiger partial charge in [0.2, 0.25) is 0 Å². The van der Waals surface area contributed by atoms with Crippen LogP contribution in [0.3, 0.4) is 0 Å². The molecule has 1 aliphatic carbocycles. The zero-order valence-corrected chi connectivity index (χ0v) is 33.0. The molecule has 5 nitrogen and oxygen atoms in total. The number of benzene rings is 5. The Morgan fingerprint density at radius 3 is 2.45 bits per heavy atom. The molecule has 10 rings (SSSR count). The number of nitrogens with zero attached hydrogens (tertiary/aromatic N) is 4. The molecular formula is C47H40N4OPt. The van der Waals surface area contributed by atoms with Gasteiger partial charge in [-0.1, -0.05) is 119 Å². The molecule has 0 radical (unpaired) electrons. The van der Waals surface area contributed by atoms with E-state index < -0.39 is 0 Å². The summed E-state index contributed by atoms with van der Waals surface area (Å²) < 4.78 is 8.93. The predicted molar refractivity (Wildman–Crippen MR) is 211 cm³/mol. The van der Waals surface area contributed by atoms with Crippen molar-refractivity contribution in [2.75, 3.05) is 4.90 Å². The second-order valence-electron chi connectivity index (χ2n) is 16.2. The molecule has 0 amide bonds. The van der Waals surface area contributed by atoms with Gasteiger partial charge in [-0.05, 0) is 74.8 Å². The van der Waals surface area contributed by atoms with Crippen LogP contribution in [0.15, 0.2) is 114 Å². The van der Waals surface area contributed by atoms with Crippen molar-refractivity contribution in [2.24, 2.45) is 4.99 Å². The molecule has 2 aliphatic heterocycles. The molecule has 7 aromatic rings. The average molecular weight is 872 g/mol. The summed E-state index contributed by atoms with van der Waals surface area (Å²) >= 11 is 0. The second-order valence-corrected chi connectivity index (χ2v) is 16.2. The SMILES string of the molecule is Cc1cc(C2=N[C@@H]3Cc4ccccc4[C@@H]3O2)[c-]c(N2c3[c-]c4c(cc3C(C)(C)c3ccccc32)c2ccccc2n4-c2cc(C(C)(C)C)ccn2)c1.[Pt+2]. The van der Waals surface area contributed by atoms with Crippen LogP contribution in [-0.4, -0.2) is 21.5 Å². The number of ether oxygens (including phenoxy) is 1. The smallest absolute Gasteiger partial charge is 0.510 e. The van der Waals surface area contributed by atoms with Gasteiger partial charge in [0.05, 0.1) is 6.04 Å². The molecule has 6 heteroatoms. The molecule has 0 N–H and O–H groups in total. The van der Waals surface area contributed by atoms with Crippen molar-refractivity contribution < 1.29 is 25.8 Å². The van der Waals surface area contributed by atoms with Crippen LogP contribution in [0.2, 0.25) is 0 Å². The number of aliphatic imine (C=N–C) groups is 1. The molecule has 2 atom stereocenters. The van der Waals surface area contributed by atoms with E-state index in [1.165, 1.54) is 38.6 Å². The van der Waals surface area contributed by atoms with E-state index in [9.17, 15) is 0 Å².